The first-order valence-electron chi connectivity index (χ1n) is 4.86. The number of nitrogens with one attached hydrogen (secondary N) is 2. The first-order valence-corrected chi connectivity index (χ1v) is 6.45. The van der Waals surface area contributed by atoms with E-state index in [2.05, 4.69) is 52.5 Å². The van der Waals surface area contributed by atoms with Crippen LogP contribution < -0.4 is 10.6 Å². The van der Waals surface area contributed by atoms with Gasteiger partial charge in [0, 0.05) is 6.04 Å². The summed E-state index contributed by atoms with van der Waals surface area (Å²) in [5.41, 5.74) is 0. The molecule has 2 rings (SSSR count). The Kier molecular flexibility index (Phi) is 3.88. The van der Waals surface area contributed by atoms with Gasteiger partial charge in [-0.3, -0.25) is 4.79 Å². The molecule has 0 aromatic carbocycles. The molecule has 0 unspecified atom stereocenters. The van der Waals surface area contributed by atoms with Crippen molar-refractivity contribution in [2.75, 3.05) is 11.9 Å². The van der Waals surface area contributed by atoms with Gasteiger partial charge in [0.2, 0.25) is 5.91 Å². The molecule has 0 aliphatic heterocycles. The van der Waals surface area contributed by atoms with Crippen LogP contribution in [-0.4, -0.2) is 28.5 Å². The lowest BCUT2D eigenvalue weighted by atomic mass is 10.5. The molecule has 1 fully saturated rings. The highest BCUT2D eigenvalue weighted by molar-refractivity contribution is 9.11. The second kappa shape index (κ2) is 5.20. The molecular formula is C9H10Br2N4O. The molecule has 1 saturated carbocycles. The second-order valence-corrected chi connectivity index (χ2v) is 5.10. The lowest BCUT2D eigenvalue weighted by molar-refractivity contribution is -0.115. The summed E-state index contributed by atoms with van der Waals surface area (Å²) in [6.45, 7) is 0.314. The van der Waals surface area contributed by atoms with Crippen molar-refractivity contribution in [1.82, 2.24) is 15.3 Å². The van der Waals surface area contributed by atoms with E-state index in [4.69, 9.17) is 0 Å². The minimum Gasteiger partial charge on any atom is -0.307 e. The number of hydrogen-bond donors (Lipinski definition) is 2. The summed E-state index contributed by atoms with van der Waals surface area (Å²) in [5.74, 6) is 0.329. The zero-order chi connectivity index (χ0) is 11.5. The number of carbonyl (C=O) groups is 1. The van der Waals surface area contributed by atoms with Gasteiger partial charge in [-0.25, -0.2) is 9.97 Å². The first kappa shape index (κ1) is 11.9. The monoisotopic (exact) mass is 348 g/mol. The van der Waals surface area contributed by atoms with Crippen LogP contribution in [0.4, 0.5) is 5.82 Å². The van der Waals surface area contributed by atoms with E-state index in [0.29, 0.717) is 27.6 Å². The fourth-order valence-electron chi connectivity index (χ4n) is 1.13. The minimum atomic E-state index is -0.107. The molecule has 16 heavy (non-hydrogen) atoms. The molecule has 1 aromatic heterocycles. The first-order chi connectivity index (χ1) is 7.65. The highest BCUT2D eigenvalue weighted by atomic mass is 79.9. The van der Waals surface area contributed by atoms with Crippen molar-refractivity contribution in [2.24, 2.45) is 0 Å². The van der Waals surface area contributed by atoms with Crippen LogP contribution in [-0.2, 0) is 4.79 Å². The van der Waals surface area contributed by atoms with Crippen LogP contribution in [0.1, 0.15) is 12.8 Å². The van der Waals surface area contributed by atoms with E-state index in [1.807, 2.05) is 0 Å². The molecule has 7 heteroatoms. The van der Waals surface area contributed by atoms with Crippen LogP contribution in [0.5, 0.6) is 0 Å². The summed E-state index contributed by atoms with van der Waals surface area (Å²) in [6.07, 6.45) is 3.86. The lowest BCUT2D eigenvalue weighted by Crippen LogP contribution is -2.29. The van der Waals surface area contributed by atoms with Gasteiger partial charge in [0.25, 0.3) is 0 Å². The van der Waals surface area contributed by atoms with Crippen LogP contribution >= 0.6 is 31.9 Å². The van der Waals surface area contributed by atoms with Crippen molar-refractivity contribution in [1.29, 1.82) is 0 Å². The maximum Gasteiger partial charge on any atom is 0.239 e. The minimum absolute atomic E-state index is 0.107. The topological polar surface area (TPSA) is 66.9 Å². The molecule has 1 aliphatic carbocycles. The maximum absolute atomic E-state index is 11.5. The van der Waals surface area contributed by atoms with E-state index >= 15 is 0 Å². The largest absolute Gasteiger partial charge is 0.307 e. The fraction of sp³-hybridized carbons (Fsp3) is 0.444. The standard InChI is InChI=1S/C9H10Br2N4O/c10-6-3-13-9(8(11)14-6)15-7(16)4-12-5-1-2-5/h3,5,12H,1-2,4H2,(H,13,15,16). The van der Waals surface area contributed by atoms with Gasteiger partial charge in [-0.2, -0.15) is 0 Å². The number of halogens is 2. The molecular weight excluding hydrogens is 340 g/mol. The van der Waals surface area contributed by atoms with Gasteiger partial charge in [-0.1, -0.05) is 0 Å². The number of amides is 1. The molecule has 86 valence electrons. The summed E-state index contributed by atoms with van der Waals surface area (Å²) in [5, 5.41) is 5.80. The zero-order valence-corrected chi connectivity index (χ0v) is 11.5. The average molecular weight is 350 g/mol. The Morgan fingerprint density at radius 2 is 2.25 bits per heavy atom. The predicted molar refractivity (Wildman–Crippen MR) is 67.1 cm³/mol. The normalized spacial score (nSPS) is 14.9. The molecule has 1 aliphatic rings. The molecule has 0 radical (unpaired) electrons. The van der Waals surface area contributed by atoms with Crippen LogP contribution in [0, 0.1) is 0 Å². The van der Waals surface area contributed by atoms with Crippen molar-refractivity contribution in [2.45, 2.75) is 18.9 Å². The number of hydrogen-bond acceptors (Lipinski definition) is 4. The lowest BCUT2D eigenvalue weighted by Gasteiger charge is -2.06. The summed E-state index contributed by atoms with van der Waals surface area (Å²) in [6, 6.07) is 0.519. The van der Waals surface area contributed by atoms with Gasteiger partial charge in [0.05, 0.1) is 12.7 Å². The molecule has 1 heterocycles. The van der Waals surface area contributed by atoms with Crippen LogP contribution in [0.15, 0.2) is 15.4 Å². The quantitative estimate of drug-likeness (QED) is 0.868. The van der Waals surface area contributed by atoms with E-state index in [9.17, 15) is 4.79 Å². The Bertz CT molecular complexity index is 408. The van der Waals surface area contributed by atoms with Crippen molar-refractivity contribution in [3.05, 3.63) is 15.4 Å². The highest BCUT2D eigenvalue weighted by Gasteiger charge is 2.21. The zero-order valence-electron chi connectivity index (χ0n) is 8.33. The van der Waals surface area contributed by atoms with Crippen LogP contribution in [0.25, 0.3) is 0 Å². The van der Waals surface area contributed by atoms with Crippen molar-refractivity contribution in [3.63, 3.8) is 0 Å². The van der Waals surface area contributed by atoms with Gasteiger partial charge in [-0.15, -0.1) is 0 Å². The predicted octanol–water partition coefficient (Wildman–Crippen LogP) is 1.69. The van der Waals surface area contributed by atoms with Gasteiger partial charge < -0.3 is 10.6 Å². The Balaban J connectivity index is 1.89. The molecule has 1 amide bonds. The third-order valence-corrected chi connectivity index (χ3v) is 3.02. The van der Waals surface area contributed by atoms with Gasteiger partial charge in [0.1, 0.15) is 9.21 Å². The number of carbonyl (C=O) groups excluding carboxylic acids is 1. The Labute approximate surface area is 110 Å². The summed E-state index contributed by atoms with van der Waals surface area (Å²) in [4.78, 5) is 19.6. The highest BCUT2D eigenvalue weighted by Crippen LogP contribution is 2.20. The van der Waals surface area contributed by atoms with E-state index in [1.54, 1.807) is 0 Å². The SMILES string of the molecule is O=C(CNC1CC1)Nc1ncc(Br)nc1Br. The van der Waals surface area contributed by atoms with Crippen molar-refractivity contribution >= 4 is 43.6 Å². The molecule has 0 bridgehead atoms. The Hall–Kier alpha value is -0.530. The third-order valence-electron chi connectivity index (χ3n) is 2.09. The molecule has 0 spiro atoms. The number of anilines is 1. The second-order valence-electron chi connectivity index (χ2n) is 3.54. The van der Waals surface area contributed by atoms with E-state index in [1.165, 1.54) is 6.20 Å². The molecule has 0 saturated heterocycles. The smallest absolute Gasteiger partial charge is 0.239 e. The summed E-state index contributed by atoms with van der Waals surface area (Å²) in [7, 11) is 0. The molecule has 2 N–H and O–H groups in total. The Morgan fingerprint density at radius 3 is 2.88 bits per heavy atom. The fourth-order valence-corrected chi connectivity index (χ4v) is 2.04. The Morgan fingerprint density at radius 1 is 1.50 bits per heavy atom. The summed E-state index contributed by atoms with van der Waals surface area (Å²) < 4.78 is 1.13. The number of aromatic nitrogens is 2. The summed E-state index contributed by atoms with van der Waals surface area (Å²) >= 11 is 6.42. The van der Waals surface area contributed by atoms with Crippen molar-refractivity contribution < 1.29 is 4.79 Å². The van der Waals surface area contributed by atoms with Gasteiger partial charge in [0.15, 0.2) is 5.82 Å². The number of rotatable bonds is 4. The average Bonchev–Trinajstić information content (AvgIpc) is 3.03. The van der Waals surface area contributed by atoms with Crippen LogP contribution in [0.2, 0.25) is 0 Å². The third kappa shape index (κ3) is 3.50. The molecule has 1 aromatic rings. The van der Waals surface area contributed by atoms with E-state index in [-0.39, 0.29) is 5.91 Å². The van der Waals surface area contributed by atoms with Gasteiger partial charge in [-0.05, 0) is 44.7 Å². The van der Waals surface area contributed by atoms with E-state index in [0.717, 1.165) is 12.8 Å². The van der Waals surface area contributed by atoms with E-state index < -0.39 is 0 Å². The maximum atomic E-state index is 11.5. The van der Waals surface area contributed by atoms with Crippen molar-refractivity contribution in [3.8, 4) is 0 Å². The van der Waals surface area contributed by atoms with Crippen LogP contribution in [0.3, 0.4) is 0 Å². The molecule has 0 atom stereocenters. The number of nitrogens with zero attached hydrogens (tertiary/aromatic N) is 2. The van der Waals surface area contributed by atoms with Gasteiger partial charge >= 0.3 is 0 Å². The molecule has 5 nitrogen and oxygen atoms in total.